The van der Waals surface area contributed by atoms with Crippen molar-refractivity contribution < 1.29 is 23.5 Å². The molecule has 192 valence electrons. The average molecular weight is 522 g/mol. The van der Waals surface area contributed by atoms with E-state index >= 15 is 0 Å². The van der Waals surface area contributed by atoms with Gasteiger partial charge in [-0.05, 0) is 35.0 Å². The Hall–Kier alpha value is -3.59. The molecule has 5 rings (SSSR count). The number of cyclic esters (lactones) is 1. The van der Waals surface area contributed by atoms with Crippen LogP contribution in [0.5, 0.6) is 0 Å². The number of carbonyl (C=O) groups excluding carboxylic acids is 3. The van der Waals surface area contributed by atoms with Gasteiger partial charge in [0.1, 0.15) is 11.9 Å². The number of thioether (sulfide) groups is 1. The largest absolute Gasteiger partial charge is 0.442 e. The Morgan fingerprint density at radius 3 is 2.57 bits per heavy atom. The molecule has 0 aromatic heterocycles. The number of rotatable bonds is 8. The highest BCUT2D eigenvalue weighted by molar-refractivity contribution is 7.99. The number of halogens is 1. The highest BCUT2D eigenvalue weighted by Gasteiger charge is 2.33. The zero-order valence-corrected chi connectivity index (χ0v) is 21.1. The van der Waals surface area contributed by atoms with Gasteiger partial charge in [-0.3, -0.25) is 14.5 Å². The van der Waals surface area contributed by atoms with E-state index in [9.17, 15) is 18.8 Å². The molecule has 2 aliphatic rings. The molecule has 1 N–H and O–H groups in total. The van der Waals surface area contributed by atoms with E-state index in [1.165, 1.54) is 11.0 Å². The van der Waals surface area contributed by atoms with E-state index in [2.05, 4.69) is 5.32 Å². The van der Waals surface area contributed by atoms with Crippen LogP contribution in [0.15, 0.2) is 60.7 Å². The number of amides is 2. The molecule has 1 unspecified atom stereocenters. The van der Waals surface area contributed by atoms with Gasteiger partial charge in [-0.1, -0.05) is 36.4 Å². The predicted molar refractivity (Wildman–Crippen MR) is 144 cm³/mol. The van der Waals surface area contributed by atoms with Crippen molar-refractivity contribution in [2.24, 2.45) is 0 Å². The molecule has 0 bridgehead atoms. The maximum Gasteiger partial charge on any atom is 0.414 e. The molecule has 37 heavy (non-hydrogen) atoms. The first-order chi connectivity index (χ1) is 18.0. The van der Waals surface area contributed by atoms with Crippen LogP contribution in [0.2, 0.25) is 0 Å². The molecule has 2 saturated heterocycles. The van der Waals surface area contributed by atoms with E-state index in [1.54, 1.807) is 18.2 Å². The Morgan fingerprint density at radius 2 is 1.78 bits per heavy atom. The summed E-state index contributed by atoms with van der Waals surface area (Å²) in [6.07, 6.45) is -1.01. The number of nitrogens with one attached hydrogen (secondary N) is 1. The number of nitrogens with zero attached hydrogens (tertiary/aromatic N) is 2. The summed E-state index contributed by atoms with van der Waals surface area (Å²) in [5.74, 6) is 1.16. The first-order valence-corrected chi connectivity index (χ1v) is 13.5. The van der Waals surface area contributed by atoms with Crippen LogP contribution in [0.25, 0.3) is 10.8 Å². The van der Waals surface area contributed by atoms with Gasteiger partial charge in [-0.2, -0.15) is 11.8 Å². The zero-order chi connectivity index (χ0) is 25.8. The van der Waals surface area contributed by atoms with Crippen molar-refractivity contribution in [3.63, 3.8) is 0 Å². The van der Waals surface area contributed by atoms with Crippen molar-refractivity contribution in [3.8, 4) is 0 Å². The topological polar surface area (TPSA) is 79.0 Å². The molecule has 3 aromatic rings. The summed E-state index contributed by atoms with van der Waals surface area (Å²) in [4.78, 5) is 40.7. The summed E-state index contributed by atoms with van der Waals surface area (Å²) in [5.41, 5.74) is 1.54. The van der Waals surface area contributed by atoms with Gasteiger partial charge in [-0.15, -0.1) is 0 Å². The SMILES string of the molecule is O=C(CCC(=O)c1ccc2ccccc2c1)NCC1CN(c2ccc(N3CCSCC3)c(F)c2)C(=O)O1. The van der Waals surface area contributed by atoms with Gasteiger partial charge in [0.15, 0.2) is 5.78 Å². The van der Waals surface area contributed by atoms with Crippen molar-refractivity contribution in [3.05, 3.63) is 72.0 Å². The molecule has 3 aromatic carbocycles. The summed E-state index contributed by atoms with van der Waals surface area (Å²) in [5, 5.41) is 4.77. The normalized spacial score (nSPS) is 17.6. The van der Waals surface area contributed by atoms with Gasteiger partial charge in [0, 0.05) is 43.0 Å². The third-order valence-electron chi connectivity index (χ3n) is 6.65. The molecule has 7 nitrogen and oxygen atoms in total. The van der Waals surface area contributed by atoms with E-state index in [-0.39, 0.29) is 43.4 Å². The van der Waals surface area contributed by atoms with Crippen LogP contribution in [0, 0.1) is 5.82 Å². The minimum Gasteiger partial charge on any atom is -0.442 e. The maximum absolute atomic E-state index is 14.8. The minimum absolute atomic E-state index is 0.0394. The van der Waals surface area contributed by atoms with Gasteiger partial charge in [0.25, 0.3) is 0 Å². The molecule has 2 aliphatic heterocycles. The average Bonchev–Trinajstić information content (AvgIpc) is 3.31. The molecule has 1 atom stereocenters. The quantitative estimate of drug-likeness (QED) is 0.436. The fraction of sp³-hybridized carbons (Fsp3) is 0.321. The van der Waals surface area contributed by atoms with Crippen LogP contribution in [-0.2, 0) is 9.53 Å². The maximum atomic E-state index is 14.8. The lowest BCUT2D eigenvalue weighted by Crippen LogP contribution is -2.35. The number of Topliss-reactive ketones (excluding diaryl/α,β-unsaturated/α-hetero) is 1. The lowest BCUT2D eigenvalue weighted by Gasteiger charge is -2.29. The molecule has 2 amide bonds. The van der Waals surface area contributed by atoms with Crippen molar-refractivity contribution >= 4 is 51.7 Å². The molecule has 2 heterocycles. The Bertz CT molecular complexity index is 1330. The van der Waals surface area contributed by atoms with Crippen molar-refractivity contribution in [2.45, 2.75) is 18.9 Å². The standard InChI is InChI=1S/C28H28FN3O4S/c29-24-16-22(7-8-25(24)31-11-13-37-14-12-31)32-18-23(36-28(32)35)17-30-27(34)10-9-26(33)21-6-5-19-3-1-2-4-20(19)15-21/h1-8,15-16,23H,9-14,17-18H2,(H,30,34). The summed E-state index contributed by atoms with van der Waals surface area (Å²) >= 11 is 1.85. The number of ketones is 1. The van der Waals surface area contributed by atoms with Gasteiger partial charge in [0.2, 0.25) is 5.91 Å². The van der Waals surface area contributed by atoms with E-state index in [0.717, 1.165) is 35.4 Å². The lowest BCUT2D eigenvalue weighted by atomic mass is 10.0. The molecular formula is C28H28FN3O4S. The highest BCUT2D eigenvalue weighted by atomic mass is 32.2. The first kappa shape index (κ1) is 25.1. The smallest absolute Gasteiger partial charge is 0.414 e. The van der Waals surface area contributed by atoms with E-state index in [0.29, 0.717) is 16.9 Å². The summed E-state index contributed by atoms with van der Waals surface area (Å²) in [6, 6.07) is 18.1. The van der Waals surface area contributed by atoms with Crippen LogP contribution in [0.3, 0.4) is 0 Å². The molecule has 0 spiro atoms. The number of fused-ring (bicyclic) bond motifs is 1. The Balaban J connectivity index is 1.10. The molecule has 9 heteroatoms. The molecule has 0 radical (unpaired) electrons. The zero-order valence-electron chi connectivity index (χ0n) is 20.3. The van der Waals surface area contributed by atoms with Crippen molar-refractivity contribution in [1.82, 2.24) is 5.32 Å². The van der Waals surface area contributed by atoms with E-state index in [4.69, 9.17) is 4.74 Å². The number of carbonyl (C=O) groups is 3. The molecule has 0 aliphatic carbocycles. The fourth-order valence-electron chi connectivity index (χ4n) is 4.61. The van der Waals surface area contributed by atoms with Crippen molar-refractivity contribution in [2.75, 3.05) is 47.5 Å². The highest BCUT2D eigenvalue weighted by Crippen LogP contribution is 2.29. The molecule has 0 saturated carbocycles. The van der Waals surface area contributed by atoms with Crippen LogP contribution >= 0.6 is 11.8 Å². The lowest BCUT2D eigenvalue weighted by molar-refractivity contribution is -0.121. The minimum atomic E-state index is -0.577. The number of hydrogen-bond donors (Lipinski definition) is 1. The van der Waals surface area contributed by atoms with Crippen molar-refractivity contribution in [1.29, 1.82) is 0 Å². The van der Waals surface area contributed by atoms with Gasteiger partial charge in [-0.25, -0.2) is 9.18 Å². The third kappa shape index (κ3) is 5.88. The Labute approximate surface area is 218 Å². The molecule has 2 fully saturated rings. The Kier molecular flexibility index (Phi) is 7.60. The summed E-state index contributed by atoms with van der Waals surface area (Å²) in [7, 11) is 0. The van der Waals surface area contributed by atoms with Crippen LogP contribution < -0.4 is 15.1 Å². The summed E-state index contributed by atoms with van der Waals surface area (Å²) in [6.45, 7) is 1.91. The fourth-order valence-corrected chi connectivity index (χ4v) is 5.52. The summed E-state index contributed by atoms with van der Waals surface area (Å²) < 4.78 is 20.2. The first-order valence-electron chi connectivity index (χ1n) is 12.4. The third-order valence-corrected chi connectivity index (χ3v) is 7.59. The number of anilines is 2. The second kappa shape index (κ2) is 11.2. The van der Waals surface area contributed by atoms with Crippen LogP contribution in [0.1, 0.15) is 23.2 Å². The second-order valence-corrected chi connectivity index (χ2v) is 10.4. The number of ether oxygens (including phenoxy) is 1. The number of hydrogen-bond acceptors (Lipinski definition) is 6. The van der Waals surface area contributed by atoms with Gasteiger partial charge in [0.05, 0.1) is 24.5 Å². The van der Waals surface area contributed by atoms with Gasteiger partial charge < -0.3 is 15.0 Å². The number of benzene rings is 3. The predicted octanol–water partition coefficient (Wildman–Crippen LogP) is 4.64. The van der Waals surface area contributed by atoms with Gasteiger partial charge >= 0.3 is 6.09 Å². The van der Waals surface area contributed by atoms with Crippen LogP contribution in [-0.4, -0.2) is 61.6 Å². The second-order valence-electron chi connectivity index (χ2n) is 9.14. The Morgan fingerprint density at radius 1 is 1.00 bits per heavy atom. The monoisotopic (exact) mass is 521 g/mol. The van der Waals surface area contributed by atoms with E-state index < -0.39 is 12.2 Å². The van der Waals surface area contributed by atoms with Crippen LogP contribution in [0.4, 0.5) is 20.6 Å². The van der Waals surface area contributed by atoms with E-state index in [1.807, 2.05) is 53.1 Å². The molecular weight excluding hydrogens is 493 g/mol.